The van der Waals surface area contributed by atoms with E-state index in [-0.39, 0.29) is 0 Å². The number of hydrogen-bond donors (Lipinski definition) is 2. The third-order valence-corrected chi connectivity index (χ3v) is 1.65. The molecule has 0 amide bonds. The highest BCUT2D eigenvalue weighted by Crippen LogP contribution is 2.13. The summed E-state index contributed by atoms with van der Waals surface area (Å²) in [6, 6.07) is 5.95. The predicted octanol–water partition coefficient (Wildman–Crippen LogP) is 0.412. The van der Waals surface area contributed by atoms with Gasteiger partial charge in [-0.2, -0.15) is 0 Å². The van der Waals surface area contributed by atoms with Crippen molar-refractivity contribution in [2.24, 2.45) is 0 Å². The molecule has 0 unspecified atom stereocenters. The van der Waals surface area contributed by atoms with Crippen LogP contribution in [0, 0.1) is 13.8 Å². The van der Waals surface area contributed by atoms with Gasteiger partial charge in [0.15, 0.2) is 0 Å². The lowest BCUT2D eigenvalue weighted by molar-refractivity contribution is 0.629. The van der Waals surface area contributed by atoms with Gasteiger partial charge in [0.05, 0.1) is 0 Å². The Kier molecular flexibility index (Phi) is 4.38. The highest BCUT2D eigenvalue weighted by Gasteiger charge is 1.92. The molecule has 0 aliphatic rings. The van der Waals surface area contributed by atoms with Gasteiger partial charge in [-0.05, 0) is 31.0 Å². The third-order valence-electron chi connectivity index (χ3n) is 1.65. The molecule has 0 radical (unpaired) electrons. The summed E-state index contributed by atoms with van der Waals surface area (Å²) < 4.78 is 0. The second-order valence-electron chi connectivity index (χ2n) is 2.29. The second kappa shape index (κ2) is 4.80. The molecule has 0 heterocycles. The van der Waals surface area contributed by atoms with E-state index < -0.39 is 0 Å². The van der Waals surface area contributed by atoms with E-state index in [0.29, 0.717) is 0 Å². The molecule has 3 heteroatoms. The van der Waals surface area contributed by atoms with Crippen molar-refractivity contribution in [2.45, 2.75) is 13.8 Å². The standard InChI is InChI=1S/C8H11N.BH3O/c1-6-4-3-5-8(9)7(6)2;1-2/h3-5H,9H2,1-2H3;2H,1H2. The van der Waals surface area contributed by atoms with Gasteiger partial charge in [-0.1, -0.05) is 12.1 Å². The third kappa shape index (κ3) is 2.64. The van der Waals surface area contributed by atoms with Gasteiger partial charge in [0.2, 0.25) is 0 Å². The van der Waals surface area contributed by atoms with Crippen LogP contribution in [0.1, 0.15) is 11.1 Å². The molecule has 0 fully saturated rings. The molecule has 0 spiro atoms. The number of anilines is 1. The largest absolute Gasteiger partial charge is 0.458 e. The van der Waals surface area contributed by atoms with Crippen molar-refractivity contribution in [1.29, 1.82) is 0 Å². The average Bonchev–Trinajstić information content (AvgIpc) is 2.04. The molecule has 2 nitrogen and oxygen atoms in total. The van der Waals surface area contributed by atoms with Gasteiger partial charge in [0, 0.05) is 5.69 Å². The summed E-state index contributed by atoms with van der Waals surface area (Å²) in [5, 5.41) is 7.00. The zero-order valence-electron chi connectivity index (χ0n) is 7.26. The number of benzene rings is 1. The van der Waals surface area contributed by atoms with Crippen molar-refractivity contribution in [3.05, 3.63) is 29.3 Å². The van der Waals surface area contributed by atoms with Crippen LogP contribution in [-0.2, 0) is 0 Å². The molecule has 0 atom stereocenters. The second-order valence-corrected chi connectivity index (χ2v) is 2.29. The lowest BCUT2D eigenvalue weighted by Crippen LogP contribution is -1.90. The summed E-state index contributed by atoms with van der Waals surface area (Å²) in [6.07, 6.45) is 0. The predicted molar refractivity (Wildman–Crippen MR) is 51.1 cm³/mol. The molecule has 11 heavy (non-hydrogen) atoms. The first-order valence-corrected chi connectivity index (χ1v) is 3.48. The molecular weight excluding hydrogens is 137 g/mol. The van der Waals surface area contributed by atoms with Crippen molar-refractivity contribution < 1.29 is 5.02 Å². The molecule has 1 aromatic carbocycles. The van der Waals surface area contributed by atoms with Crippen molar-refractivity contribution in [1.82, 2.24) is 0 Å². The highest BCUT2D eigenvalue weighted by molar-refractivity contribution is 5.95. The van der Waals surface area contributed by atoms with Gasteiger partial charge in [0.25, 0.3) is 8.05 Å². The normalized spacial score (nSPS) is 8.27. The smallest absolute Gasteiger partial charge is 0.252 e. The molecule has 0 aliphatic carbocycles. The minimum Gasteiger partial charge on any atom is -0.458 e. The summed E-state index contributed by atoms with van der Waals surface area (Å²) in [6.45, 7) is 4.09. The molecule has 1 aromatic rings. The fourth-order valence-electron chi connectivity index (χ4n) is 0.774. The van der Waals surface area contributed by atoms with Gasteiger partial charge in [-0.25, -0.2) is 0 Å². The van der Waals surface area contributed by atoms with Crippen LogP contribution < -0.4 is 5.73 Å². The minimum atomic E-state index is 0.884. The average molecular weight is 151 g/mol. The lowest BCUT2D eigenvalue weighted by Gasteiger charge is -2.00. The fourth-order valence-corrected chi connectivity index (χ4v) is 0.774. The van der Waals surface area contributed by atoms with Crippen LogP contribution >= 0.6 is 0 Å². The Morgan fingerprint density at radius 3 is 2.18 bits per heavy atom. The van der Waals surface area contributed by atoms with E-state index in [1.165, 1.54) is 11.1 Å². The van der Waals surface area contributed by atoms with Gasteiger partial charge >= 0.3 is 0 Å². The van der Waals surface area contributed by atoms with Crippen LogP contribution in [-0.4, -0.2) is 13.1 Å². The van der Waals surface area contributed by atoms with Crippen LogP contribution in [0.25, 0.3) is 0 Å². The van der Waals surface area contributed by atoms with Crippen LogP contribution in [0.15, 0.2) is 18.2 Å². The van der Waals surface area contributed by atoms with E-state index >= 15 is 0 Å². The van der Waals surface area contributed by atoms with E-state index in [0.717, 1.165) is 13.7 Å². The molecule has 0 aromatic heterocycles. The maximum atomic E-state index is 7.00. The highest BCUT2D eigenvalue weighted by atomic mass is 16.2. The first-order chi connectivity index (χ1) is 5.22. The van der Waals surface area contributed by atoms with E-state index in [2.05, 4.69) is 13.0 Å². The SMILES string of the molecule is BO.Cc1cccc(N)c1C. The Morgan fingerprint density at radius 1 is 1.27 bits per heavy atom. The van der Waals surface area contributed by atoms with Crippen LogP contribution in [0.4, 0.5) is 5.69 Å². The van der Waals surface area contributed by atoms with E-state index in [9.17, 15) is 0 Å². The van der Waals surface area contributed by atoms with E-state index in [4.69, 9.17) is 10.8 Å². The van der Waals surface area contributed by atoms with Crippen LogP contribution in [0.2, 0.25) is 0 Å². The van der Waals surface area contributed by atoms with Gasteiger partial charge < -0.3 is 10.8 Å². The van der Waals surface area contributed by atoms with E-state index in [1.54, 1.807) is 0 Å². The quantitative estimate of drug-likeness (QED) is 0.416. The van der Waals surface area contributed by atoms with Gasteiger partial charge in [0.1, 0.15) is 0 Å². The van der Waals surface area contributed by atoms with Crippen LogP contribution in [0.3, 0.4) is 0 Å². The Morgan fingerprint density at radius 2 is 1.82 bits per heavy atom. The summed E-state index contributed by atoms with van der Waals surface area (Å²) in [7, 11) is 1.00. The first kappa shape index (κ1) is 10.0. The summed E-state index contributed by atoms with van der Waals surface area (Å²) in [5.41, 5.74) is 8.96. The molecule has 0 bridgehead atoms. The van der Waals surface area contributed by atoms with Crippen molar-refractivity contribution in [2.75, 3.05) is 5.73 Å². The summed E-state index contributed by atoms with van der Waals surface area (Å²) >= 11 is 0. The number of nitrogen functional groups attached to an aromatic ring is 1. The number of aryl methyl sites for hydroxylation is 1. The van der Waals surface area contributed by atoms with Crippen molar-refractivity contribution in [3.63, 3.8) is 0 Å². The number of rotatable bonds is 0. The molecule has 0 saturated heterocycles. The fraction of sp³-hybridized carbons (Fsp3) is 0.250. The molecular formula is C8H14BNO. The molecule has 1 rings (SSSR count). The monoisotopic (exact) mass is 151 g/mol. The topological polar surface area (TPSA) is 46.2 Å². The Bertz CT molecular complexity index is 205. The lowest BCUT2D eigenvalue weighted by atomic mass is 10.1. The van der Waals surface area contributed by atoms with Gasteiger partial charge in [-0.3, -0.25) is 0 Å². The minimum absolute atomic E-state index is 0.884. The molecule has 0 aliphatic heterocycles. The molecule has 60 valence electrons. The number of nitrogens with two attached hydrogens (primary N) is 1. The zero-order chi connectivity index (χ0) is 8.85. The summed E-state index contributed by atoms with van der Waals surface area (Å²) in [5.74, 6) is 0. The maximum absolute atomic E-state index is 7.00. The maximum Gasteiger partial charge on any atom is 0.252 e. The van der Waals surface area contributed by atoms with E-state index in [1.807, 2.05) is 19.1 Å². The molecule has 3 N–H and O–H groups in total. The van der Waals surface area contributed by atoms with Gasteiger partial charge in [-0.15, -0.1) is 0 Å². The van der Waals surface area contributed by atoms with Crippen LogP contribution in [0.5, 0.6) is 0 Å². The Hall–Kier alpha value is -0.955. The zero-order valence-corrected chi connectivity index (χ0v) is 7.26. The molecule has 0 saturated carbocycles. The number of hydrogen-bond acceptors (Lipinski definition) is 2. The van der Waals surface area contributed by atoms with Crippen molar-refractivity contribution in [3.8, 4) is 0 Å². The first-order valence-electron chi connectivity index (χ1n) is 3.48. The Balaban J connectivity index is 0.000000461. The Labute approximate surface area is 68.5 Å². The van der Waals surface area contributed by atoms with Crippen molar-refractivity contribution >= 4 is 13.7 Å². The summed E-state index contributed by atoms with van der Waals surface area (Å²) in [4.78, 5) is 0.